The Bertz CT molecular complexity index is 1330. The first-order chi connectivity index (χ1) is 16.4. The summed E-state index contributed by atoms with van der Waals surface area (Å²) < 4.78 is 25.6. The fraction of sp³-hybridized carbons (Fsp3) is 0.320. The third kappa shape index (κ3) is 5.20. The van der Waals surface area contributed by atoms with Crippen molar-refractivity contribution >= 4 is 44.5 Å². The summed E-state index contributed by atoms with van der Waals surface area (Å²) in [6.45, 7) is 7.09. The van der Waals surface area contributed by atoms with Crippen LogP contribution in [0.1, 0.15) is 27.8 Å². The quantitative estimate of drug-likeness (QED) is 0.287. The van der Waals surface area contributed by atoms with E-state index in [1.54, 1.807) is 23.5 Å². The molecule has 6 nitrogen and oxygen atoms in total. The number of methoxy groups -OCH3 is 1. The van der Waals surface area contributed by atoms with Crippen molar-refractivity contribution in [1.29, 1.82) is 0 Å². The first-order valence-electron chi connectivity index (χ1n) is 11.0. The highest BCUT2D eigenvalue weighted by atomic mass is 32.1. The fourth-order valence-electron chi connectivity index (χ4n) is 3.85. The van der Waals surface area contributed by atoms with Crippen LogP contribution in [0.2, 0.25) is 0 Å². The number of aromatic nitrogens is 2. The van der Waals surface area contributed by atoms with E-state index < -0.39 is 0 Å². The monoisotopic (exact) mass is 499 g/mol. The number of thiophene rings is 2. The van der Waals surface area contributed by atoms with Crippen molar-refractivity contribution in [2.75, 3.05) is 25.6 Å². The van der Waals surface area contributed by atoms with Gasteiger partial charge in [-0.3, -0.25) is 4.79 Å². The van der Waals surface area contributed by atoms with E-state index in [4.69, 9.17) is 9.47 Å². The van der Waals surface area contributed by atoms with Crippen LogP contribution in [0.3, 0.4) is 0 Å². The molecule has 0 amide bonds. The van der Waals surface area contributed by atoms with Gasteiger partial charge in [-0.25, -0.2) is 14.4 Å². The summed E-state index contributed by atoms with van der Waals surface area (Å²) in [6, 6.07) is 6.99. The van der Waals surface area contributed by atoms with E-state index in [0.29, 0.717) is 24.7 Å². The Hall–Kier alpha value is -3.04. The molecule has 1 aromatic carbocycles. The molecule has 0 saturated heterocycles. The van der Waals surface area contributed by atoms with Crippen molar-refractivity contribution in [3.63, 3.8) is 0 Å². The number of esters is 1. The maximum atomic E-state index is 14.0. The second-order valence-electron chi connectivity index (χ2n) is 7.79. The number of fused-ring (bicyclic) bond motifs is 1. The van der Waals surface area contributed by atoms with Gasteiger partial charge < -0.3 is 14.8 Å². The summed E-state index contributed by atoms with van der Waals surface area (Å²) in [4.78, 5) is 23.4. The molecule has 178 valence electrons. The van der Waals surface area contributed by atoms with E-state index >= 15 is 0 Å². The summed E-state index contributed by atoms with van der Waals surface area (Å²) in [5.74, 6) is 0.853. The van der Waals surface area contributed by atoms with Gasteiger partial charge >= 0.3 is 5.97 Å². The highest BCUT2D eigenvalue weighted by Gasteiger charge is 2.17. The lowest BCUT2D eigenvalue weighted by Crippen LogP contribution is -2.07. The first-order valence-corrected chi connectivity index (χ1v) is 12.6. The normalized spacial score (nSPS) is 11.1. The summed E-state index contributed by atoms with van der Waals surface area (Å²) in [6.07, 6.45) is 2.42. The number of carbonyl (C=O) groups is 1. The third-order valence-corrected chi connectivity index (χ3v) is 7.89. The maximum absolute atomic E-state index is 14.0. The SMILES string of the molecule is CCOc1cc(-c2cc(NCCc3c(C)sc4c(C)cc(F)cc34)ncn2)sc1CC(=O)OC. The molecule has 3 heterocycles. The van der Waals surface area contributed by atoms with Crippen LogP contribution in [0.5, 0.6) is 5.75 Å². The standard InChI is InChI=1S/C25H26FN3O3S2/c1-5-32-20-11-21(34-22(20)12-24(30)31-4)19-10-23(29-13-28-19)27-7-6-17-15(3)33-25-14(2)8-16(26)9-18(17)25/h8-11,13H,5-7,12H2,1-4H3,(H,27,28,29). The van der Waals surface area contributed by atoms with Gasteiger partial charge in [0.2, 0.25) is 0 Å². The lowest BCUT2D eigenvalue weighted by Gasteiger charge is -2.07. The average molecular weight is 500 g/mol. The molecular formula is C25H26FN3O3S2. The number of rotatable bonds is 9. The van der Waals surface area contributed by atoms with Crippen LogP contribution in [-0.2, 0) is 22.4 Å². The molecule has 0 saturated carbocycles. The molecule has 1 N–H and O–H groups in total. The Morgan fingerprint density at radius 2 is 1.97 bits per heavy atom. The Morgan fingerprint density at radius 3 is 2.74 bits per heavy atom. The second kappa shape index (κ2) is 10.5. The molecule has 0 bridgehead atoms. The van der Waals surface area contributed by atoms with Gasteiger partial charge in [-0.1, -0.05) is 0 Å². The Kier molecular flexibility index (Phi) is 7.43. The zero-order valence-electron chi connectivity index (χ0n) is 19.5. The lowest BCUT2D eigenvalue weighted by molar-refractivity contribution is -0.139. The lowest BCUT2D eigenvalue weighted by atomic mass is 10.1. The molecule has 4 aromatic rings. The van der Waals surface area contributed by atoms with Crippen LogP contribution < -0.4 is 10.1 Å². The van der Waals surface area contributed by atoms with Gasteiger partial charge in [0.25, 0.3) is 0 Å². The molecular weight excluding hydrogens is 473 g/mol. The zero-order chi connectivity index (χ0) is 24.2. The van der Waals surface area contributed by atoms with Gasteiger partial charge in [-0.2, -0.15) is 0 Å². The van der Waals surface area contributed by atoms with Gasteiger partial charge in [-0.05, 0) is 55.8 Å². The van der Waals surface area contributed by atoms with Crippen molar-refractivity contribution in [1.82, 2.24) is 9.97 Å². The van der Waals surface area contributed by atoms with Crippen molar-refractivity contribution in [3.05, 3.63) is 57.3 Å². The van der Waals surface area contributed by atoms with Gasteiger partial charge in [0.1, 0.15) is 23.7 Å². The molecule has 0 atom stereocenters. The molecule has 34 heavy (non-hydrogen) atoms. The molecule has 0 aliphatic rings. The third-order valence-electron chi connectivity index (χ3n) is 5.45. The maximum Gasteiger partial charge on any atom is 0.310 e. The van der Waals surface area contributed by atoms with E-state index in [9.17, 15) is 9.18 Å². The van der Waals surface area contributed by atoms with Gasteiger partial charge in [-0.15, -0.1) is 22.7 Å². The van der Waals surface area contributed by atoms with Crippen molar-refractivity contribution in [3.8, 4) is 16.3 Å². The largest absolute Gasteiger partial charge is 0.493 e. The molecule has 3 aromatic heterocycles. The molecule has 0 aliphatic heterocycles. The first kappa shape index (κ1) is 24.1. The highest BCUT2D eigenvalue weighted by Crippen LogP contribution is 2.37. The molecule has 0 fully saturated rings. The molecule has 0 aliphatic carbocycles. The number of ether oxygens (including phenoxy) is 2. The van der Waals surface area contributed by atoms with E-state index in [-0.39, 0.29) is 18.2 Å². The van der Waals surface area contributed by atoms with Gasteiger partial charge in [0.05, 0.1) is 35.6 Å². The molecule has 0 radical (unpaired) electrons. The smallest absolute Gasteiger partial charge is 0.310 e. The predicted octanol–water partition coefficient (Wildman–Crippen LogP) is 5.94. The summed E-state index contributed by atoms with van der Waals surface area (Å²) in [7, 11) is 1.37. The van der Waals surface area contributed by atoms with Crippen LogP contribution in [0.15, 0.2) is 30.6 Å². The van der Waals surface area contributed by atoms with E-state index in [1.165, 1.54) is 29.7 Å². The van der Waals surface area contributed by atoms with Crippen LogP contribution in [0.4, 0.5) is 10.2 Å². The molecule has 9 heteroatoms. The van der Waals surface area contributed by atoms with Crippen LogP contribution in [0, 0.1) is 19.7 Å². The summed E-state index contributed by atoms with van der Waals surface area (Å²) >= 11 is 3.16. The number of hydrogen-bond acceptors (Lipinski definition) is 8. The number of carbonyl (C=O) groups excluding carboxylic acids is 1. The van der Waals surface area contributed by atoms with E-state index in [1.807, 2.05) is 26.0 Å². The number of nitrogens with zero attached hydrogens (tertiary/aromatic N) is 2. The van der Waals surface area contributed by atoms with Crippen LogP contribution in [-0.4, -0.2) is 36.2 Å². The molecule has 0 unspecified atom stereocenters. The summed E-state index contributed by atoms with van der Waals surface area (Å²) in [5, 5.41) is 4.35. The molecule has 4 rings (SSSR count). The minimum absolute atomic E-state index is 0.153. The van der Waals surface area contributed by atoms with Crippen molar-refractivity contribution in [2.24, 2.45) is 0 Å². The fourth-order valence-corrected chi connectivity index (χ4v) is 6.06. The van der Waals surface area contributed by atoms with Crippen LogP contribution >= 0.6 is 22.7 Å². The Balaban J connectivity index is 1.50. The van der Waals surface area contributed by atoms with Crippen molar-refractivity contribution < 1.29 is 18.7 Å². The van der Waals surface area contributed by atoms with Gasteiger partial charge in [0, 0.05) is 28.3 Å². The van der Waals surface area contributed by atoms with Crippen LogP contribution in [0.25, 0.3) is 20.7 Å². The van der Waals surface area contributed by atoms with E-state index in [2.05, 4.69) is 22.2 Å². The Labute approximate surface area is 205 Å². The number of anilines is 1. The Morgan fingerprint density at radius 1 is 1.15 bits per heavy atom. The van der Waals surface area contributed by atoms with Crippen molar-refractivity contribution in [2.45, 2.75) is 33.6 Å². The number of benzene rings is 1. The zero-order valence-corrected chi connectivity index (χ0v) is 21.2. The topological polar surface area (TPSA) is 73.3 Å². The predicted molar refractivity (Wildman–Crippen MR) is 136 cm³/mol. The molecule has 0 spiro atoms. The second-order valence-corrected chi connectivity index (χ2v) is 10.1. The number of halogens is 1. The van der Waals surface area contributed by atoms with E-state index in [0.717, 1.165) is 43.1 Å². The minimum Gasteiger partial charge on any atom is -0.493 e. The average Bonchev–Trinajstić information content (AvgIpc) is 3.35. The van der Waals surface area contributed by atoms with Gasteiger partial charge in [0.15, 0.2) is 0 Å². The highest BCUT2D eigenvalue weighted by molar-refractivity contribution is 7.19. The minimum atomic E-state index is -0.314. The number of nitrogens with one attached hydrogen (secondary N) is 1. The number of aryl methyl sites for hydroxylation is 2. The summed E-state index contributed by atoms with van der Waals surface area (Å²) in [5.41, 5.74) is 2.88. The number of hydrogen-bond donors (Lipinski definition) is 1.